The first-order valence-corrected chi connectivity index (χ1v) is 8.56. The molecule has 0 aliphatic rings. The minimum Gasteiger partial charge on any atom is -0.236 e. The standard InChI is InChI=1S/C8H4BrIN3P/c9-5-1-2-6-7(4-11)12-13(14-10)8(6)3-5/h1-3,14H. The topological polar surface area (TPSA) is 41.6 Å². The predicted molar refractivity (Wildman–Crippen MR) is 69.9 cm³/mol. The third kappa shape index (κ3) is 1.67. The van der Waals surface area contributed by atoms with E-state index in [1.165, 1.54) is 0 Å². The van der Waals surface area contributed by atoms with Gasteiger partial charge in [-0.15, -0.1) is 0 Å². The average molecular weight is 380 g/mol. The average Bonchev–Trinajstić information content (AvgIpc) is 2.55. The fourth-order valence-electron chi connectivity index (χ4n) is 1.24. The van der Waals surface area contributed by atoms with Crippen LogP contribution in [0.5, 0.6) is 0 Å². The van der Waals surface area contributed by atoms with E-state index in [2.05, 4.69) is 49.1 Å². The number of halogens is 2. The van der Waals surface area contributed by atoms with Crippen molar-refractivity contribution in [3.8, 4) is 6.07 Å². The monoisotopic (exact) mass is 379 g/mol. The van der Waals surface area contributed by atoms with Crippen LogP contribution in [0, 0.1) is 11.3 Å². The van der Waals surface area contributed by atoms with E-state index in [9.17, 15) is 0 Å². The second-order valence-electron chi connectivity index (χ2n) is 2.62. The number of benzene rings is 1. The van der Waals surface area contributed by atoms with E-state index in [0.29, 0.717) is 12.1 Å². The van der Waals surface area contributed by atoms with Gasteiger partial charge in [-0.05, 0) is 40.2 Å². The molecule has 0 spiro atoms. The van der Waals surface area contributed by atoms with Crippen LogP contribution in [0.2, 0.25) is 0 Å². The van der Waals surface area contributed by atoms with Gasteiger partial charge in [0.05, 0.1) is 11.9 Å². The van der Waals surface area contributed by atoms with Gasteiger partial charge < -0.3 is 0 Å². The molecule has 2 aromatic rings. The molecule has 0 fully saturated rings. The number of nitriles is 1. The number of nitrogens with zero attached hydrogens (tertiary/aromatic N) is 3. The highest BCUT2D eigenvalue weighted by Gasteiger charge is 2.09. The predicted octanol–water partition coefficient (Wildman–Crippen LogP) is 3.46. The van der Waals surface area contributed by atoms with Crippen molar-refractivity contribution in [2.45, 2.75) is 0 Å². The van der Waals surface area contributed by atoms with Gasteiger partial charge in [-0.3, -0.25) is 0 Å². The van der Waals surface area contributed by atoms with Crippen LogP contribution in [0.3, 0.4) is 0 Å². The van der Waals surface area contributed by atoms with E-state index >= 15 is 0 Å². The lowest BCUT2D eigenvalue weighted by atomic mass is 10.2. The van der Waals surface area contributed by atoms with Crippen LogP contribution in [-0.4, -0.2) is 9.55 Å². The first kappa shape index (κ1) is 10.3. The van der Waals surface area contributed by atoms with E-state index in [0.717, 1.165) is 15.4 Å². The Balaban J connectivity index is 2.84. The maximum Gasteiger partial charge on any atom is 0.170 e. The minimum atomic E-state index is 0.497. The second kappa shape index (κ2) is 4.13. The third-order valence-corrected chi connectivity index (χ3v) is 4.19. The van der Waals surface area contributed by atoms with Crippen molar-refractivity contribution in [2.24, 2.45) is 0 Å². The van der Waals surface area contributed by atoms with Crippen LogP contribution in [-0.2, 0) is 0 Å². The van der Waals surface area contributed by atoms with E-state index in [-0.39, 0.29) is 0 Å². The van der Waals surface area contributed by atoms with Crippen LogP contribution in [0.4, 0.5) is 0 Å². The summed E-state index contributed by atoms with van der Waals surface area (Å²) in [6.07, 6.45) is 0.508. The number of aromatic nitrogens is 2. The van der Waals surface area contributed by atoms with Crippen LogP contribution >= 0.6 is 44.3 Å². The highest BCUT2D eigenvalue weighted by atomic mass is 127. The van der Waals surface area contributed by atoms with Gasteiger partial charge >= 0.3 is 0 Å². The molecule has 1 atom stereocenters. The van der Waals surface area contributed by atoms with Crippen molar-refractivity contribution in [3.63, 3.8) is 0 Å². The molecule has 0 bridgehead atoms. The summed E-state index contributed by atoms with van der Waals surface area (Å²) in [5.74, 6) is 0. The largest absolute Gasteiger partial charge is 0.236 e. The quantitative estimate of drug-likeness (QED) is 0.562. The van der Waals surface area contributed by atoms with Crippen LogP contribution in [0.25, 0.3) is 10.9 Å². The fourth-order valence-corrected chi connectivity index (χ4v) is 3.10. The molecule has 3 nitrogen and oxygen atoms in total. The Morgan fingerprint density at radius 2 is 2.36 bits per heavy atom. The van der Waals surface area contributed by atoms with E-state index < -0.39 is 0 Å². The lowest BCUT2D eigenvalue weighted by Gasteiger charge is -1.96. The van der Waals surface area contributed by atoms with Gasteiger partial charge in [0.2, 0.25) is 0 Å². The van der Waals surface area contributed by atoms with E-state index in [1.54, 1.807) is 0 Å². The summed E-state index contributed by atoms with van der Waals surface area (Å²) < 4.78 is 2.85. The summed E-state index contributed by atoms with van der Waals surface area (Å²) in [5.41, 5.74) is 1.50. The van der Waals surface area contributed by atoms with Crippen molar-refractivity contribution >= 4 is 55.2 Å². The molecular weight excluding hydrogens is 376 g/mol. The van der Waals surface area contributed by atoms with Crippen LogP contribution in [0.15, 0.2) is 22.7 Å². The van der Waals surface area contributed by atoms with Gasteiger partial charge in [0, 0.05) is 9.86 Å². The molecule has 1 aromatic heterocycles. The number of hydrogen-bond donors (Lipinski definition) is 0. The van der Waals surface area contributed by atoms with Crippen molar-refractivity contribution < 1.29 is 0 Å². The van der Waals surface area contributed by atoms with Crippen molar-refractivity contribution in [3.05, 3.63) is 28.4 Å². The smallest absolute Gasteiger partial charge is 0.170 e. The molecule has 1 heterocycles. The SMILES string of the molecule is N#Cc1nn(PI)c2cc(Br)ccc12. The van der Waals surface area contributed by atoms with E-state index in [4.69, 9.17) is 5.26 Å². The normalized spacial score (nSPS) is 11.2. The van der Waals surface area contributed by atoms with Crippen molar-refractivity contribution in [2.75, 3.05) is 0 Å². The van der Waals surface area contributed by atoms with Crippen molar-refractivity contribution in [1.29, 1.82) is 5.26 Å². The molecule has 1 aromatic carbocycles. The first-order valence-electron chi connectivity index (χ1n) is 3.71. The first-order chi connectivity index (χ1) is 6.76. The van der Waals surface area contributed by atoms with Gasteiger partial charge in [0.1, 0.15) is 6.07 Å². The van der Waals surface area contributed by atoms with Gasteiger partial charge in [-0.25, -0.2) is 4.45 Å². The van der Waals surface area contributed by atoms with Crippen molar-refractivity contribution in [1.82, 2.24) is 9.55 Å². The highest BCUT2D eigenvalue weighted by Crippen LogP contribution is 2.31. The molecule has 70 valence electrons. The number of hydrogen-bond acceptors (Lipinski definition) is 2. The highest BCUT2D eigenvalue weighted by molar-refractivity contribution is 14.2. The minimum absolute atomic E-state index is 0.497. The Labute approximate surface area is 104 Å². The Hall–Kier alpha value is -0.180. The van der Waals surface area contributed by atoms with Crippen LogP contribution < -0.4 is 0 Å². The zero-order chi connectivity index (χ0) is 10.1. The molecule has 1 unspecified atom stereocenters. The van der Waals surface area contributed by atoms with Crippen LogP contribution in [0.1, 0.15) is 5.69 Å². The Morgan fingerprint density at radius 1 is 1.57 bits per heavy atom. The van der Waals surface area contributed by atoms with Gasteiger partial charge in [0.15, 0.2) is 5.69 Å². The lowest BCUT2D eigenvalue weighted by Crippen LogP contribution is -1.82. The summed E-state index contributed by atoms with van der Waals surface area (Å²) in [6.45, 7) is 0. The maximum atomic E-state index is 8.88. The molecule has 0 radical (unpaired) electrons. The molecule has 2 rings (SSSR count). The summed E-state index contributed by atoms with van der Waals surface area (Å²) >= 11 is 5.65. The third-order valence-electron chi connectivity index (χ3n) is 1.83. The van der Waals surface area contributed by atoms with E-state index in [1.807, 2.05) is 22.7 Å². The lowest BCUT2D eigenvalue weighted by molar-refractivity contribution is 1.02. The summed E-state index contributed by atoms with van der Waals surface area (Å²) in [6, 6.07) is 7.92. The number of rotatable bonds is 1. The number of fused-ring (bicyclic) bond motifs is 1. The molecular formula is C8H4BrIN3P. The zero-order valence-electron chi connectivity index (χ0n) is 6.83. The zero-order valence-corrected chi connectivity index (χ0v) is 11.6. The van der Waals surface area contributed by atoms with Gasteiger partial charge in [0.25, 0.3) is 0 Å². The molecule has 0 saturated carbocycles. The summed E-state index contributed by atoms with van der Waals surface area (Å²) in [4.78, 5) is 0. The second-order valence-corrected chi connectivity index (χ2v) is 5.57. The van der Waals surface area contributed by atoms with Gasteiger partial charge in [-0.2, -0.15) is 10.4 Å². The maximum absolute atomic E-state index is 8.88. The molecule has 0 aliphatic heterocycles. The Kier molecular flexibility index (Phi) is 3.05. The molecule has 0 N–H and O–H groups in total. The Morgan fingerprint density at radius 3 is 3.00 bits per heavy atom. The summed E-state index contributed by atoms with van der Waals surface area (Å²) in [7, 11) is 0. The molecule has 6 heteroatoms. The summed E-state index contributed by atoms with van der Waals surface area (Å²) in [5, 5.41) is 14.0. The molecule has 0 saturated heterocycles. The molecule has 0 aliphatic carbocycles. The molecule has 0 amide bonds. The Bertz CT molecular complexity index is 531. The molecule has 14 heavy (non-hydrogen) atoms. The van der Waals surface area contributed by atoms with Gasteiger partial charge in [-0.1, -0.05) is 15.9 Å². The fraction of sp³-hybridized carbons (Fsp3) is 0.